The van der Waals surface area contributed by atoms with Crippen molar-refractivity contribution in [3.05, 3.63) is 87.4 Å². The molecule has 0 saturated heterocycles. The average Bonchev–Trinajstić information content (AvgIpc) is 2.96. The molecule has 3 aromatic rings. The number of aryl methyl sites for hydroxylation is 1. The Morgan fingerprint density at radius 1 is 1.04 bits per heavy atom. The fourth-order valence-electron chi connectivity index (χ4n) is 2.64. The lowest BCUT2D eigenvalue weighted by Gasteiger charge is -2.04. The number of carbonyl (C=O) groups excluding carboxylic acids is 1. The van der Waals surface area contributed by atoms with Crippen molar-refractivity contribution in [3.8, 4) is 0 Å². The van der Waals surface area contributed by atoms with Crippen molar-refractivity contribution in [2.24, 2.45) is 0 Å². The lowest BCUT2D eigenvalue weighted by Crippen LogP contribution is -3.00. The molecule has 136 valence electrons. The standard InChI is InChI=1S/C21H22NO2S.ClH/c1-16-8-10-19(11-9-16)21(23)24-13-12-20-17(2)22(15-25-20)14-18-6-4-3-5-7-18;/h3-11,15H,12-14H2,1-2H3;1H/q+1;/p-1. The van der Waals surface area contributed by atoms with E-state index in [1.807, 2.05) is 37.3 Å². The van der Waals surface area contributed by atoms with E-state index in [1.54, 1.807) is 11.3 Å². The van der Waals surface area contributed by atoms with Crippen LogP contribution in [0, 0.1) is 13.8 Å². The third-order valence-corrected chi connectivity index (χ3v) is 5.35. The molecule has 5 heteroatoms. The number of nitrogens with zero attached hydrogens (tertiary/aromatic N) is 1. The van der Waals surface area contributed by atoms with Crippen LogP contribution in [-0.2, 0) is 17.7 Å². The average molecular weight is 388 g/mol. The number of carbonyl (C=O) groups is 1. The van der Waals surface area contributed by atoms with E-state index in [0.29, 0.717) is 12.2 Å². The number of esters is 1. The van der Waals surface area contributed by atoms with Crippen LogP contribution in [0.25, 0.3) is 0 Å². The number of hydrogen-bond donors (Lipinski definition) is 0. The molecular weight excluding hydrogens is 366 g/mol. The number of benzene rings is 2. The Hall–Kier alpha value is -2.17. The van der Waals surface area contributed by atoms with Gasteiger partial charge in [0.15, 0.2) is 12.2 Å². The highest BCUT2D eigenvalue weighted by molar-refractivity contribution is 7.09. The van der Waals surface area contributed by atoms with Gasteiger partial charge in [-0.15, -0.1) is 0 Å². The predicted molar refractivity (Wildman–Crippen MR) is 100.0 cm³/mol. The van der Waals surface area contributed by atoms with Crippen LogP contribution < -0.4 is 17.0 Å². The summed E-state index contributed by atoms with van der Waals surface area (Å²) in [6, 6.07) is 17.9. The molecule has 0 aliphatic carbocycles. The predicted octanol–water partition coefficient (Wildman–Crippen LogP) is 1.10. The van der Waals surface area contributed by atoms with E-state index in [2.05, 4.69) is 41.3 Å². The minimum absolute atomic E-state index is 0. The number of ether oxygens (including phenoxy) is 1. The Bertz CT molecular complexity index is 844. The summed E-state index contributed by atoms with van der Waals surface area (Å²) in [5.74, 6) is -0.258. The maximum Gasteiger partial charge on any atom is 0.338 e. The zero-order valence-electron chi connectivity index (χ0n) is 14.9. The number of thiazole rings is 1. The van der Waals surface area contributed by atoms with Gasteiger partial charge < -0.3 is 17.1 Å². The highest BCUT2D eigenvalue weighted by Crippen LogP contribution is 2.13. The van der Waals surface area contributed by atoms with E-state index in [1.165, 1.54) is 16.1 Å². The summed E-state index contributed by atoms with van der Waals surface area (Å²) in [5.41, 5.74) is 6.40. The molecule has 3 rings (SSSR count). The van der Waals surface area contributed by atoms with Gasteiger partial charge in [0, 0.05) is 18.9 Å². The molecule has 0 aliphatic rings. The Kier molecular flexibility index (Phi) is 7.37. The molecule has 0 saturated carbocycles. The van der Waals surface area contributed by atoms with Crippen LogP contribution >= 0.6 is 11.3 Å². The quantitative estimate of drug-likeness (QED) is 0.468. The summed E-state index contributed by atoms with van der Waals surface area (Å²) >= 11 is 1.72. The Labute approximate surface area is 164 Å². The third kappa shape index (κ3) is 5.16. The molecule has 0 bridgehead atoms. The first-order valence-corrected chi connectivity index (χ1v) is 9.25. The van der Waals surface area contributed by atoms with Gasteiger partial charge in [-0.05, 0) is 19.1 Å². The van der Waals surface area contributed by atoms with Gasteiger partial charge in [-0.25, -0.2) is 4.79 Å². The van der Waals surface area contributed by atoms with Crippen LogP contribution in [0.3, 0.4) is 0 Å². The zero-order chi connectivity index (χ0) is 17.6. The van der Waals surface area contributed by atoms with Crippen molar-refractivity contribution in [2.75, 3.05) is 6.61 Å². The smallest absolute Gasteiger partial charge is 0.338 e. The highest BCUT2D eigenvalue weighted by atomic mass is 35.5. The molecule has 0 atom stereocenters. The Morgan fingerprint density at radius 2 is 1.73 bits per heavy atom. The maximum absolute atomic E-state index is 12.1. The van der Waals surface area contributed by atoms with Crippen molar-refractivity contribution < 1.29 is 26.5 Å². The highest BCUT2D eigenvalue weighted by Gasteiger charge is 2.16. The van der Waals surface area contributed by atoms with E-state index in [0.717, 1.165) is 18.5 Å². The Balaban J connectivity index is 0.00000243. The molecular formula is C21H22ClNO2S. The van der Waals surface area contributed by atoms with Gasteiger partial charge in [0.05, 0.1) is 17.0 Å². The van der Waals surface area contributed by atoms with Crippen LogP contribution in [0.2, 0.25) is 0 Å². The van der Waals surface area contributed by atoms with Gasteiger partial charge in [-0.2, -0.15) is 4.57 Å². The monoisotopic (exact) mass is 387 g/mol. The van der Waals surface area contributed by atoms with Gasteiger partial charge in [0.25, 0.3) is 0 Å². The van der Waals surface area contributed by atoms with E-state index in [-0.39, 0.29) is 18.4 Å². The van der Waals surface area contributed by atoms with Crippen molar-refractivity contribution in [1.82, 2.24) is 0 Å². The van der Waals surface area contributed by atoms with Gasteiger partial charge >= 0.3 is 5.97 Å². The van der Waals surface area contributed by atoms with Gasteiger partial charge in [-0.1, -0.05) is 59.4 Å². The first-order valence-electron chi connectivity index (χ1n) is 8.37. The van der Waals surface area contributed by atoms with Crippen LogP contribution in [0.15, 0.2) is 60.1 Å². The minimum atomic E-state index is -0.258. The van der Waals surface area contributed by atoms with E-state index < -0.39 is 0 Å². The minimum Gasteiger partial charge on any atom is -1.00 e. The van der Waals surface area contributed by atoms with E-state index in [4.69, 9.17) is 4.74 Å². The van der Waals surface area contributed by atoms with Crippen LogP contribution in [0.5, 0.6) is 0 Å². The fraction of sp³-hybridized carbons (Fsp3) is 0.238. The summed E-state index contributed by atoms with van der Waals surface area (Å²) in [5, 5.41) is 0. The molecule has 0 radical (unpaired) electrons. The van der Waals surface area contributed by atoms with Crippen LogP contribution in [0.4, 0.5) is 0 Å². The molecule has 2 aromatic carbocycles. The fourth-order valence-corrected chi connectivity index (χ4v) is 3.61. The third-order valence-electron chi connectivity index (χ3n) is 4.20. The molecule has 0 fully saturated rings. The maximum atomic E-state index is 12.1. The molecule has 0 spiro atoms. The summed E-state index contributed by atoms with van der Waals surface area (Å²) in [6.45, 7) is 5.39. The normalized spacial score (nSPS) is 10.2. The van der Waals surface area contributed by atoms with E-state index >= 15 is 0 Å². The molecule has 3 nitrogen and oxygen atoms in total. The van der Waals surface area contributed by atoms with Crippen molar-refractivity contribution in [1.29, 1.82) is 0 Å². The molecule has 1 heterocycles. The second kappa shape index (κ2) is 9.51. The lowest BCUT2D eigenvalue weighted by molar-refractivity contribution is -0.689. The number of rotatable bonds is 6. The molecule has 0 unspecified atom stereocenters. The molecule has 26 heavy (non-hydrogen) atoms. The van der Waals surface area contributed by atoms with Crippen molar-refractivity contribution in [2.45, 2.75) is 26.8 Å². The summed E-state index contributed by atoms with van der Waals surface area (Å²) in [7, 11) is 0. The number of halogens is 1. The zero-order valence-corrected chi connectivity index (χ0v) is 16.5. The molecule has 1 aromatic heterocycles. The molecule has 0 amide bonds. The first kappa shape index (κ1) is 20.1. The number of hydrogen-bond acceptors (Lipinski definition) is 3. The van der Waals surface area contributed by atoms with Gasteiger partial charge in [0.1, 0.15) is 0 Å². The summed E-state index contributed by atoms with van der Waals surface area (Å²) in [4.78, 5) is 13.3. The summed E-state index contributed by atoms with van der Waals surface area (Å²) in [6.07, 6.45) is 0.746. The Morgan fingerprint density at radius 3 is 2.42 bits per heavy atom. The van der Waals surface area contributed by atoms with Gasteiger partial charge in [0.2, 0.25) is 5.51 Å². The van der Waals surface area contributed by atoms with Crippen LogP contribution in [-0.4, -0.2) is 12.6 Å². The number of aromatic nitrogens is 1. The van der Waals surface area contributed by atoms with Crippen molar-refractivity contribution >= 4 is 17.3 Å². The second-order valence-corrected chi connectivity index (χ2v) is 7.04. The largest absolute Gasteiger partial charge is 1.00 e. The van der Waals surface area contributed by atoms with Crippen molar-refractivity contribution in [3.63, 3.8) is 0 Å². The summed E-state index contributed by atoms with van der Waals surface area (Å²) < 4.78 is 7.66. The lowest BCUT2D eigenvalue weighted by atomic mass is 10.1. The molecule has 0 aliphatic heterocycles. The second-order valence-electron chi connectivity index (χ2n) is 6.10. The molecule has 0 N–H and O–H groups in total. The first-order chi connectivity index (χ1) is 12.1. The SMILES string of the molecule is Cc1ccc(C(=O)OCCc2sc[n+](Cc3ccccc3)c2C)cc1.[Cl-]. The van der Waals surface area contributed by atoms with Gasteiger partial charge in [-0.3, -0.25) is 0 Å². The topological polar surface area (TPSA) is 30.2 Å². The van der Waals surface area contributed by atoms with E-state index in [9.17, 15) is 4.79 Å². The van der Waals surface area contributed by atoms with Crippen LogP contribution in [0.1, 0.15) is 32.1 Å².